The van der Waals surface area contributed by atoms with E-state index in [1.54, 1.807) is 7.11 Å². The van der Waals surface area contributed by atoms with Crippen molar-refractivity contribution < 1.29 is 38.4 Å². The Balaban J connectivity index is 0.000000240. The zero-order chi connectivity index (χ0) is 46.6. The highest BCUT2D eigenvalue weighted by Gasteiger charge is 2.43. The molecule has 12 nitrogen and oxygen atoms in total. The molecule has 2 heterocycles. The molecule has 3 unspecified atom stereocenters. The number of hydrogen-bond donors (Lipinski definition) is 2. The van der Waals surface area contributed by atoms with Crippen molar-refractivity contribution in [3.63, 3.8) is 0 Å². The monoisotopic (exact) mass is 874 g/mol. The number of rotatable bonds is 11. The average Bonchev–Trinajstić information content (AvgIpc) is 3.92. The van der Waals surface area contributed by atoms with Gasteiger partial charge in [0, 0.05) is 67.3 Å². The molecule has 0 aromatic heterocycles. The maximum atomic E-state index is 13.2. The highest BCUT2D eigenvalue weighted by molar-refractivity contribution is 6.83. The molecule has 2 amide bonds. The largest absolute Gasteiger partial charge is 0.500 e. The number of oxime groups is 2. The first kappa shape index (κ1) is 48.2. The molecule has 3 atom stereocenters. The van der Waals surface area contributed by atoms with Gasteiger partial charge >= 0.3 is 0 Å². The second kappa shape index (κ2) is 19.3. The third kappa shape index (κ3) is 11.8. The summed E-state index contributed by atoms with van der Waals surface area (Å²) in [5.41, 5.74) is 10.9. The fourth-order valence-corrected chi connectivity index (χ4v) is 9.03. The van der Waals surface area contributed by atoms with E-state index in [-0.39, 0.29) is 41.5 Å². The van der Waals surface area contributed by atoms with Gasteiger partial charge in [-0.15, -0.1) is 12.0 Å². The normalized spacial score (nSPS) is 20.9. The Morgan fingerprint density at radius 3 is 1.83 bits per heavy atom. The number of nitrogens with zero attached hydrogens (tertiary/aromatic N) is 2. The van der Waals surface area contributed by atoms with Crippen LogP contribution in [0.5, 0.6) is 0 Å². The van der Waals surface area contributed by atoms with Gasteiger partial charge in [-0.3, -0.25) is 24.0 Å². The number of methoxy groups -OCH3 is 1. The lowest BCUT2D eigenvalue weighted by Gasteiger charge is -2.16. The first-order chi connectivity index (χ1) is 29.4. The van der Waals surface area contributed by atoms with Crippen LogP contribution in [-0.2, 0) is 38.4 Å². The van der Waals surface area contributed by atoms with Crippen LogP contribution >= 0.6 is 0 Å². The minimum Gasteiger partial charge on any atom is -0.500 e. The fraction of sp³-hybridized carbons (Fsp3) is 0.500. The van der Waals surface area contributed by atoms with Gasteiger partial charge in [-0.1, -0.05) is 53.9 Å². The van der Waals surface area contributed by atoms with Gasteiger partial charge < -0.3 is 25.0 Å². The first-order valence-electron chi connectivity index (χ1n) is 21.6. The molecule has 2 aromatic carbocycles. The zero-order valence-corrected chi connectivity index (χ0v) is 39.9. The highest BCUT2D eigenvalue weighted by Crippen LogP contribution is 2.41. The Morgan fingerprint density at radius 1 is 0.810 bits per heavy atom. The van der Waals surface area contributed by atoms with E-state index in [2.05, 4.69) is 70.1 Å². The molecule has 0 bridgehead atoms. The first-order valence-corrected chi connectivity index (χ1v) is 25.1. The zero-order valence-electron chi connectivity index (χ0n) is 38.9. The van der Waals surface area contributed by atoms with Crippen molar-refractivity contribution in [3.05, 3.63) is 74.5 Å². The summed E-state index contributed by atoms with van der Waals surface area (Å²) in [7, 11) is 0.0202. The van der Waals surface area contributed by atoms with E-state index in [1.165, 1.54) is 0 Å². The second-order valence-electron chi connectivity index (χ2n) is 19.4. The van der Waals surface area contributed by atoms with Crippen LogP contribution in [-0.4, -0.2) is 80.1 Å². The smallest absolute Gasteiger partial charge is 0.269 e. The Hall–Kier alpha value is -5.79. The van der Waals surface area contributed by atoms with Gasteiger partial charge in [0.05, 0.1) is 12.7 Å². The van der Waals surface area contributed by atoms with Crippen molar-refractivity contribution in [1.29, 1.82) is 0 Å². The van der Waals surface area contributed by atoms with Crippen LogP contribution in [0, 0.1) is 63.3 Å². The topological polar surface area (TPSA) is 162 Å². The van der Waals surface area contributed by atoms with E-state index in [1.807, 2.05) is 67.5 Å². The summed E-state index contributed by atoms with van der Waals surface area (Å²) in [5.74, 6) is 4.67. The fourth-order valence-electron chi connectivity index (χ4n) is 8.52. The van der Waals surface area contributed by atoms with E-state index in [0.717, 1.165) is 33.4 Å². The maximum absolute atomic E-state index is 13.2. The maximum Gasteiger partial charge on any atom is 0.269 e. The summed E-state index contributed by atoms with van der Waals surface area (Å²) in [6.07, 6.45) is 8.08. The third-order valence-corrected chi connectivity index (χ3v) is 12.2. The molecule has 2 aromatic rings. The second-order valence-corrected chi connectivity index (χ2v) is 24.1. The minimum atomic E-state index is -1.59. The Kier molecular flexibility index (Phi) is 14.8. The molecule has 0 saturated heterocycles. The predicted molar refractivity (Wildman–Crippen MR) is 248 cm³/mol. The molecule has 4 aliphatic rings. The number of Topliss-reactive ketones (excluding diaryl/α,β-unsaturated/α-hetero) is 3. The lowest BCUT2D eigenvalue weighted by Crippen LogP contribution is -2.34. The van der Waals surface area contributed by atoms with Crippen LogP contribution < -0.4 is 10.6 Å². The average molecular weight is 875 g/mol. The molecule has 0 radical (unpaired) electrons. The predicted octanol–water partition coefficient (Wildman–Crippen LogP) is 7.13. The molecule has 2 aliphatic heterocycles. The van der Waals surface area contributed by atoms with Crippen molar-refractivity contribution >= 4 is 54.2 Å². The Labute approximate surface area is 373 Å². The highest BCUT2D eigenvalue weighted by atomic mass is 28.3. The number of nitrogens with one attached hydrogen (secondary N) is 2. The lowest BCUT2D eigenvalue weighted by atomic mass is 9.86. The van der Waals surface area contributed by atoms with Crippen molar-refractivity contribution in [1.82, 2.24) is 10.6 Å². The van der Waals surface area contributed by atoms with Crippen LogP contribution in [0.15, 0.2) is 40.3 Å². The van der Waals surface area contributed by atoms with E-state index in [9.17, 15) is 24.0 Å². The van der Waals surface area contributed by atoms with Crippen LogP contribution in [0.1, 0.15) is 117 Å². The molecule has 1 saturated carbocycles. The third-order valence-electron chi connectivity index (χ3n) is 11.4. The van der Waals surface area contributed by atoms with Crippen molar-refractivity contribution in [3.8, 4) is 23.8 Å². The number of benzene rings is 2. The summed E-state index contributed by atoms with van der Waals surface area (Å²) in [4.78, 5) is 74.0. The summed E-state index contributed by atoms with van der Waals surface area (Å²) >= 11 is 0. The molecule has 2 N–H and O–H groups in total. The number of ketones is 3. The molecule has 2 aliphatic carbocycles. The van der Waals surface area contributed by atoms with Crippen molar-refractivity contribution in [2.75, 3.05) is 20.2 Å². The van der Waals surface area contributed by atoms with E-state index in [0.29, 0.717) is 79.1 Å². The Bertz CT molecular complexity index is 2420. The summed E-state index contributed by atoms with van der Waals surface area (Å²) < 4.78 is 5.79. The molecule has 1 fully saturated rings. The lowest BCUT2D eigenvalue weighted by molar-refractivity contribution is -0.125. The Morgan fingerprint density at radius 2 is 1.33 bits per heavy atom. The molecule has 6 rings (SSSR count). The number of hydrogen-bond acceptors (Lipinski definition) is 10. The van der Waals surface area contributed by atoms with E-state index < -0.39 is 31.1 Å². The van der Waals surface area contributed by atoms with Crippen molar-refractivity contribution in [2.45, 2.75) is 131 Å². The van der Waals surface area contributed by atoms with Crippen LogP contribution in [0.4, 0.5) is 0 Å². The van der Waals surface area contributed by atoms with Gasteiger partial charge in [0.25, 0.3) is 11.8 Å². The molecular formula is C50H62N4O8Si. The summed E-state index contributed by atoms with van der Waals surface area (Å²) in [6.45, 7) is 22.7. The summed E-state index contributed by atoms with van der Waals surface area (Å²) in [6, 6.07) is 7.92. The SMILES string of the molecule is C#Cc1cc(C)cc(C)c1C1C(=O)CC(CCNC(=O)C2=NOC(C)(C)C2)C1=O.COC1=C(c2c(C)cc(C)cc2C#C[Si](C)(C)C)C(=O)CC1CCNC(=O)C1=NOC(C)(C)C1. The van der Waals surface area contributed by atoms with Gasteiger partial charge in [0.1, 0.15) is 48.2 Å². The van der Waals surface area contributed by atoms with E-state index in [4.69, 9.17) is 20.8 Å². The quantitative estimate of drug-likeness (QED) is 0.137. The van der Waals surface area contributed by atoms with Gasteiger partial charge in [0.15, 0.2) is 11.6 Å². The molecule has 63 heavy (non-hydrogen) atoms. The number of amides is 2. The van der Waals surface area contributed by atoms with Crippen LogP contribution in [0.2, 0.25) is 19.6 Å². The van der Waals surface area contributed by atoms with Gasteiger partial charge in [-0.25, -0.2) is 0 Å². The number of terminal acetylenes is 1. The van der Waals surface area contributed by atoms with Gasteiger partial charge in [-0.05, 0) is 108 Å². The van der Waals surface area contributed by atoms with Crippen LogP contribution in [0.25, 0.3) is 5.57 Å². The molecule has 0 spiro atoms. The number of carbonyl (C=O) groups is 5. The van der Waals surface area contributed by atoms with Gasteiger partial charge in [0.2, 0.25) is 0 Å². The molecule has 13 heteroatoms. The minimum absolute atomic E-state index is 0.0616. The van der Waals surface area contributed by atoms with E-state index >= 15 is 0 Å². The van der Waals surface area contributed by atoms with Gasteiger partial charge in [-0.2, -0.15) is 0 Å². The van der Waals surface area contributed by atoms with Crippen LogP contribution in [0.3, 0.4) is 0 Å². The molecule has 334 valence electrons. The number of allylic oxidation sites excluding steroid dienone is 2. The standard InChI is InChI=1S/C27H36N2O4Si.C23H26N2O4/c1-17-13-18(2)23(19(14-17)10-12-34(6,7)8)24-22(30)15-20(25(24)32-5)9-11-28-26(31)21-16-27(3,4)33-29-21;1-6-15-10-13(2)9-14(3)19(15)20-18(26)11-16(21(20)27)7-8-24-22(28)17-12-23(4,5)29-25-17/h13-14,20H,9,11,15-16H2,1-8H3,(H,28,31);1,9-10,16,20H,7-8,11-12H2,2-5H3,(H,24,28). The number of carbonyl (C=O) groups excluding carboxylic acids is 5. The van der Waals surface area contributed by atoms with Crippen molar-refractivity contribution in [2.24, 2.45) is 22.1 Å². The summed E-state index contributed by atoms with van der Waals surface area (Å²) in [5, 5.41) is 13.4. The molecular weight excluding hydrogens is 813 g/mol. The number of ether oxygens (including phenoxy) is 1. The number of aryl methyl sites for hydroxylation is 4.